The molecule has 0 aliphatic heterocycles. The molecule has 8 N–H and O–H groups in total. The second-order valence-corrected chi connectivity index (χ2v) is 13.8. The molecule has 0 spiro atoms. The number of rotatable bonds is 21. The molecule has 58 heavy (non-hydrogen) atoms. The molecule has 0 fully saturated rings. The first kappa shape index (κ1) is 43.7. The number of imidazole rings is 1. The third-order valence-corrected chi connectivity index (χ3v) is 8.74. The van der Waals surface area contributed by atoms with Gasteiger partial charge in [-0.3, -0.25) is 28.8 Å². The van der Waals surface area contributed by atoms with Gasteiger partial charge in [-0.1, -0.05) is 68.4 Å². The number of aliphatic carboxylic acids is 2. The number of carboxylic acid groups (broad SMARTS) is 2. The number of benzene rings is 3. The summed E-state index contributed by atoms with van der Waals surface area (Å²) in [7, 11) is 1.46. The molecule has 5 amide bonds. The highest BCUT2D eigenvalue weighted by Gasteiger charge is 2.33. The van der Waals surface area contributed by atoms with Gasteiger partial charge in [0.05, 0.1) is 19.9 Å². The zero-order valence-corrected chi connectivity index (χ0v) is 32.2. The van der Waals surface area contributed by atoms with Crippen molar-refractivity contribution in [2.45, 2.75) is 76.7 Å². The van der Waals surface area contributed by atoms with Gasteiger partial charge >= 0.3 is 18.0 Å². The molecule has 18 heteroatoms. The summed E-state index contributed by atoms with van der Waals surface area (Å²) >= 11 is 0. The summed E-state index contributed by atoms with van der Waals surface area (Å²) in [5.74, 6) is -5.98. The number of nitrogens with one attached hydrogen (secondary N) is 6. The van der Waals surface area contributed by atoms with Crippen molar-refractivity contribution in [2.24, 2.45) is 5.92 Å². The number of H-pyrrole nitrogens is 1. The van der Waals surface area contributed by atoms with Gasteiger partial charge in [0, 0.05) is 41.9 Å². The Labute approximate surface area is 333 Å². The second-order valence-electron chi connectivity index (χ2n) is 13.8. The van der Waals surface area contributed by atoms with Gasteiger partial charge in [0.2, 0.25) is 23.6 Å². The van der Waals surface area contributed by atoms with Gasteiger partial charge in [-0.05, 0) is 35.8 Å². The summed E-state index contributed by atoms with van der Waals surface area (Å²) in [6.45, 7) is 3.54. The number of ether oxygens (including phenoxy) is 2. The smallest absolute Gasteiger partial charge is 0.408 e. The molecule has 1 aromatic heterocycles. The van der Waals surface area contributed by atoms with Crippen molar-refractivity contribution in [3.8, 4) is 5.75 Å². The van der Waals surface area contributed by atoms with Crippen LogP contribution in [0.1, 0.15) is 50.8 Å². The Hall–Kier alpha value is -6.98. The number of methoxy groups -OCH3 is 1. The Balaban J connectivity index is 1.52. The zero-order valence-electron chi connectivity index (χ0n) is 32.2. The SMILES string of the molecule is COc1cc(NC(=O)C(CC(=O)O)NC(=O)C(Cc2cnc[nH]2)NC(=O)C(CCC(=O)O)NC(=O)C(CC(C)C)NC(=O)OCc2ccccc2)cc2ccccc12. The quantitative estimate of drug-likeness (QED) is 0.0605. The van der Waals surface area contributed by atoms with Crippen LogP contribution in [0, 0.1) is 5.92 Å². The van der Waals surface area contributed by atoms with Crippen LogP contribution in [-0.4, -0.2) is 93.1 Å². The molecule has 4 rings (SSSR count). The fraction of sp³-hybridized carbons (Fsp3) is 0.350. The zero-order chi connectivity index (χ0) is 42.2. The van der Waals surface area contributed by atoms with Gasteiger partial charge in [0.25, 0.3) is 0 Å². The van der Waals surface area contributed by atoms with Crippen LogP contribution in [0.3, 0.4) is 0 Å². The van der Waals surface area contributed by atoms with Gasteiger partial charge in [-0.25, -0.2) is 9.78 Å². The molecule has 0 saturated heterocycles. The van der Waals surface area contributed by atoms with Gasteiger partial charge in [0.15, 0.2) is 0 Å². The number of hydrogen-bond donors (Lipinski definition) is 8. The van der Waals surface area contributed by atoms with E-state index in [0.717, 1.165) is 10.8 Å². The number of nitrogens with zero attached hydrogens (tertiary/aromatic N) is 1. The fourth-order valence-electron chi connectivity index (χ4n) is 5.92. The lowest BCUT2D eigenvalue weighted by molar-refractivity contribution is -0.140. The van der Waals surface area contributed by atoms with Crippen LogP contribution in [-0.2, 0) is 46.5 Å². The summed E-state index contributed by atoms with van der Waals surface area (Å²) in [5, 5.41) is 33.2. The van der Waals surface area contributed by atoms with Crippen LogP contribution in [0.15, 0.2) is 79.3 Å². The summed E-state index contributed by atoms with van der Waals surface area (Å²) in [6, 6.07) is 13.4. The minimum Gasteiger partial charge on any atom is -0.496 e. The monoisotopic (exact) mass is 801 g/mol. The summed E-state index contributed by atoms with van der Waals surface area (Å²) in [5.41, 5.74) is 1.34. The molecule has 3 aromatic carbocycles. The highest BCUT2D eigenvalue weighted by Crippen LogP contribution is 2.30. The summed E-state index contributed by atoms with van der Waals surface area (Å²) < 4.78 is 10.7. The van der Waals surface area contributed by atoms with Crippen molar-refractivity contribution >= 4 is 58.1 Å². The number of amides is 5. The number of fused-ring (bicyclic) bond motifs is 1. The Morgan fingerprint density at radius 1 is 0.759 bits per heavy atom. The minimum atomic E-state index is -1.63. The molecule has 4 atom stereocenters. The topological polar surface area (TPSA) is 267 Å². The first-order valence-corrected chi connectivity index (χ1v) is 18.4. The Bertz CT molecular complexity index is 2060. The van der Waals surface area contributed by atoms with Crippen molar-refractivity contribution in [1.29, 1.82) is 0 Å². The molecule has 4 unspecified atom stereocenters. The summed E-state index contributed by atoms with van der Waals surface area (Å²) in [6.07, 6.45) is -0.0876. The molecule has 308 valence electrons. The van der Waals surface area contributed by atoms with E-state index >= 15 is 0 Å². The third-order valence-electron chi connectivity index (χ3n) is 8.74. The van der Waals surface area contributed by atoms with E-state index < -0.39 is 85.1 Å². The van der Waals surface area contributed by atoms with Crippen molar-refractivity contribution in [3.05, 3.63) is 90.5 Å². The lowest BCUT2D eigenvalue weighted by Crippen LogP contribution is -2.58. The highest BCUT2D eigenvalue weighted by molar-refractivity contribution is 6.02. The molecule has 0 aliphatic carbocycles. The lowest BCUT2D eigenvalue weighted by Gasteiger charge is -2.26. The number of alkyl carbamates (subject to hydrolysis) is 1. The Morgan fingerprint density at radius 3 is 2.07 bits per heavy atom. The van der Waals surface area contributed by atoms with E-state index in [4.69, 9.17) is 9.47 Å². The van der Waals surface area contributed by atoms with Gasteiger partial charge < -0.3 is 51.3 Å². The molecule has 4 aromatic rings. The molecule has 0 saturated carbocycles. The second kappa shape index (κ2) is 21.4. The minimum absolute atomic E-state index is 0.0702. The number of anilines is 1. The van der Waals surface area contributed by atoms with Crippen LogP contribution in [0.2, 0.25) is 0 Å². The number of carbonyl (C=O) groups excluding carboxylic acids is 5. The first-order chi connectivity index (χ1) is 27.7. The summed E-state index contributed by atoms with van der Waals surface area (Å²) in [4.78, 5) is 97.7. The average Bonchev–Trinajstić information content (AvgIpc) is 3.70. The largest absolute Gasteiger partial charge is 0.496 e. The van der Waals surface area contributed by atoms with E-state index in [1.54, 1.807) is 68.4 Å². The molecule has 0 aliphatic rings. The average molecular weight is 802 g/mol. The Kier molecular flexibility index (Phi) is 16.1. The fourth-order valence-corrected chi connectivity index (χ4v) is 5.92. The molecule has 0 bridgehead atoms. The van der Waals surface area contributed by atoms with E-state index in [1.165, 1.54) is 19.6 Å². The van der Waals surface area contributed by atoms with Gasteiger partial charge in [-0.15, -0.1) is 0 Å². The third kappa shape index (κ3) is 13.6. The number of carboxylic acids is 2. The van der Waals surface area contributed by atoms with E-state index in [2.05, 4.69) is 36.6 Å². The van der Waals surface area contributed by atoms with Crippen LogP contribution < -0.4 is 31.3 Å². The molecular formula is C40H47N7O11. The standard InChI is InChI=1S/C40H47N7O11/c1-23(2)15-30(47-40(56)58-21-24-9-5-4-6-10-24)38(54)44-29(13-14-34(48)49)36(52)45-31(17-27-20-41-22-42-27)39(55)46-32(19-35(50)51)37(53)43-26-16-25-11-7-8-12-28(25)33(18-26)57-3/h4-12,16,18,20,22-23,29-32H,13-15,17,19,21H2,1-3H3,(H,41,42)(H,43,53)(H,44,54)(H,45,52)(H,46,55)(H,47,56)(H,48,49)(H,50,51). The number of hydrogen-bond acceptors (Lipinski definition) is 10. The first-order valence-electron chi connectivity index (χ1n) is 18.4. The Morgan fingerprint density at radius 2 is 1.41 bits per heavy atom. The van der Waals surface area contributed by atoms with E-state index in [1.807, 2.05) is 12.1 Å². The maximum absolute atomic E-state index is 13.9. The molecule has 0 radical (unpaired) electrons. The number of aromatic nitrogens is 2. The maximum Gasteiger partial charge on any atom is 0.408 e. The molecular weight excluding hydrogens is 754 g/mol. The number of carbonyl (C=O) groups is 7. The van der Waals surface area contributed by atoms with Gasteiger partial charge in [-0.2, -0.15) is 0 Å². The van der Waals surface area contributed by atoms with Gasteiger partial charge in [0.1, 0.15) is 36.5 Å². The van der Waals surface area contributed by atoms with Crippen LogP contribution in [0.5, 0.6) is 5.75 Å². The van der Waals surface area contributed by atoms with Crippen molar-refractivity contribution in [1.82, 2.24) is 31.2 Å². The van der Waals surface area contributed by atoms with Crippen molar-refractivity contribution < 1.29 is 53.2 Å². The van der Waals surface area contributed by atoms with E-state index in [-0.39, 0.29) is 31.1 Å². The molecule has 18 nitrogen and oxygen atoms in total. The normalized spacial score (nSPS) is 13.0. The maximum atomic E-state index is 13.9. The van der Waals surface area contributed by atoms with Crippen LogP contribution >= 0.6 is 0 Å². The lowest BCUT2D eigenvalue weighted by atomic mass is 10.0. The molecule has 1 heterocycles. The number of aromatic amines is 1. The van der Waals surface area contributed by atoms with E-state index in [9.17, 15) is 43.8 Å². The van der Waals surface area contributed by atoms with Crippen molar-refractivity contribution in [3.63, 3.8) is 0 Å². The predicted molar refractivity (Wildman–Crippen MR) is 209 cm³/mol. The van der Waals surface area contributed by atoms with Crippen molar-refractivity contribution in [2.75, 3.05) is 12.4 Å². The van der Waals surface area contributed by atoms with Crippen LogP contribution in [0.4, 0.5) is 10.5 Å². The van der Waals surface area contributed by atoms with E-state index in [0.29, 0.717) is 17.0 Å². The highest BCUT2D eigenvalue weighted by atomic mass is 16.5. The van der Waals surface area contributed by atoms with Crippen LogP contribution in [0.25, 0.3) is 10.8 Å². The predicted octanol–water partition coefficient (Wildman–Crippen LogP) is 2.89.